The van der Waals surface area contributed by atoms with E-state index in [0.29, 0.717) is 17.2 Å². The molecule has 1 spiro atoms. The quantitative estimate of drug-likeness (QED) is 0.840. The molecule has 4 heteroatoms. The number of hydrogen-bond acceptors (Lipinski definition) is 2. The third-order valence-electron chi connectivity index (χ3n) is 6.53. The van der Waals surface area contributed by atoms with Gasteiger partial charge in [0, 0.05) is 12.5 Å². The lowest BCUT2D eigenvalue weighted by molar-refractivity contribution is -0.123. The Morgan fingerprint density at radius 2 is 2.00 bits per heavy atom. The van der Waals surface area contributed by atoms with Gasteiger partial charge < -0.3 is 10.6 Å². The van der Waals surface area contributed by atoms with Crippen LogP contribution in [0.5, 0.6) is 0 Å². The van der Waals surface area contributed by atoms with Crippen molar-refractivity contribution in [2.45, 2.75) is 44.9 Å². The van der Waals surface area contributed by atoms with Crippen LogP contribution in [0, 0.1) is 29.1 Å². The Morgan fingerprint density at radius 3 is 2.65 bits per heavy atom. The first-order chi connectivity index (χ1) is 9.27. The third-order valence-corrected chi connectivity index (χ3v) is 6.53. The summed E-state index contributed by atoms with van der Waals surface area (Å²) in [5.41, 5.74) is 0.393. The molecule has 1 heterocycles. The van der Waals surface area contributed by atoms with E-state index >= 15 is 0 Å². The van der Waals surface area contributed by atoms with Gasteiger partial charge in [-0.15, -0.1) is 12.4 Å². The van der Waals surface area contributed by atoms with Crippen molar-refractivity contribution in [1.82, 2.24) is 10.6 Å². The fraction of sp³-hybridized carbons (Fsp3) is 0.938. The van der Waals surface area contributed by atoms with Crippen molar-refractivity contribution < 1.29 is 4.79 Å². The van der Waals surface area contributed by atoms with Crippen molar-refractivity contribution in [2.75, 3.05) is 19.6 Å². The summed E-state index contributed by atoms with van der Waals surface area (Å²) in [4.78, 5) is 12.3. The summed E-state index contributed by atoms with van der Waals surface area (Å²) in [6, 6.07) is 0. The lowest BCUT2D eigenvalue weighted by Gasteiger charge is -2.24. The number of nitrogens with one attached hydrogen (secondary N) is 2. The van der Waals surface area contributed by atoms with E-state index in [1.165, 1.54) is 38.5 Å². The molecule has 3 saturated carbocycles. The van der Waals surface area contributed by atoms with E-state index in [1.807, 2.05) is 0 Å². The van der Waals surface area contributed by atoms with Gasteiger partial charge in [0.05, 0.1) is 0 Å². The first-order valence-electron chi connectivity index (χ1n) is 8.25. The van der Waals surface area contributed by atoms with Crippen molar-refractivity contribution in [3.63, 3.8) is 0 Å². The minimum Gasteiger partial charge on any atom is -0.356 e. The predicted octanol–water partition coefficient (Wildman–Crippen LogP) is 2.35. The van der Waals surface area contributed by atoms with Gasteiger partial charge in [0.15, 0.2) is 0 Å². The molecule has 20 heavy (non-hydrogen) atoms. The lowest BCUT2D eigenvalue weighted by Crippen LogP contribution is -2.36. The molecule has 1 amide bonds. The van der Waals surface area contributed by atoms with Crippen LogP contribution in [0.4, 0.5) is 0 Å². The maximum atomic E-state index is 12.3. The highest BCUT2D eigenvalue weighted by Crippen LogP contribution is 2.58. The third kappa shape index (κ3) is 2.48. The smallest absolute Gasteiger partial charge is 0.223 e. The average Bonchev–Trinajstić information content (AvgIpc) is 2.81. The van der Waals surface area contributed by atoms with Crippen LogP contribution in [-0.2, 0) is 4.79 Å². The highest BCUT2D eigenvalue weighted by Gasteiger charge is 2.57. The standard InChI is InChI=1S/C16H26N2O.ClH/c19-15(14-9-16(14)3-5-17-6-4-16)18-10-13-8-11-1-2-12(13)7-11;/h11-14,17H,1-10H2,(H,18,19);1H. The van der Waals surface area contributed by atoms with Crippen molar-refractivity contribution in [3.8, 4) is 0 Å². The monoisotopic (exact) mass is 298 g/mol. The van der Waals surface area contributed by atoms with E-state index in [2.05, 4.69) is 10.6 Å². The van der Waals surface area contributed by atoms with Gasteiger partial charge in [0.2, 0.25) is 5.91 Å². The Morgan fingerprint density at radius 1 is 1.20 bits per heavy atom. The zero-order valence-electron chi connectivity index (χ0n) is 12.2. The average molecular weight is 299 g/mol. The molecule has 3 nitrogen and oxygen atoms in total. The van der Waals surface area contributed by atoms with Crippen LogP contribution in [0.25, 0.3) is 0 Å². The van der Waals surface area contributed by atoms with E-state index in [0.717, 1.165) is 43.8 Å². The molecule has 3 aliphatic carbocycles. The number of fused-ring (bicyclic) bond motifs is 2. The van der Waals surface area contributed by atoms with Gasteiger partial charge in [-0.2, -0.15) is 0 Å². The predicted molar refractivity (Wildman–Crippen MR) is 81.8 cm³/mol. The topological polar surface area (TPSA) is 41.1 Å². The molecule has 1 aliphatic heterocycles. The summed E-state index contributed by atoms with van der Waals surface area (Å²) in [5, 5.41) is 6.69. The van der Waals surface area contributed by atoms with Gasteiger partial charge in [-0.3, -0.25) is 4.79 Å². The summed E-state index contributed by atoms with van der Waals surface area (Å²) in [5.74, 6) is 3.42. The maximum absolute atomic E-state index is 12.3. The summed E-state index contributed by atoms with van der Waals surface area (Å²) in [7, 11) is 0. The van der Waals surface area contributed by atoms with Gasteiger partial charge >= 0.3 is 0 Å². The number of carbonyl (C=O) groups is 1. The second-order valence-electron chi connectivity index (χ2n) is 7.55. The molecule has 0 aromatic carbocycles. The molecule has 2 bridgehead atoms. The first kappa shape index (κ1) is 14.6. The molecule has 0 aromatic heterocycles. The molecular formula is C16H27ClN2O. The minimum absolute atomic E-state index is 0. The van der Waals surface area contributed by atoms with Crippen LogP contribution in [0.2, 0.25) is 0 Å². The van der Waals surface area contributed by atoms with Crippen LogP contribution in [0.15, 0.2) is 0 Å². The number of halogens is 1. The zero-order chi connectivity index (χ0) is 12.9. The summed E-state index contributed by atoms with van der Waals surface area (Å²) >= 11 is 0. The Labute approximate surface area is 128 Å². The first-order valence-corrected chi connectivity index (χ1v) is 8.25. The number of piperidine rings is 1. The van der Waals surface area contributed by atoms with Gasteiger partial charge in [-0.25, -0.2) is 0 Å². The molecule has 0 aromatic rings. The molecule has 4 rings (SSSR count). The summed E-state index contributed by atoms with van der Waals surface area (Å²) < 4.78 is 0. The van der Waals surface area contributed by atoms with E-state index in [9.17, 15) is 4.79 Å². The Balaban J connectivity index is 0.00000121. The van der Waals surface area contributed by atoms with Crippen molar-refractivity contribution in [3.05, 3.63) is 0 Å². The molecule has 4 unspecified atom stereocenters. The Bertz CT molecular complexity index is 381. The number of carbonyl (C=O) groups excluding carboxylic acids is 1. The molecule has 4 aliphatic rings. The van der Waals surface area contributed by atoms with Gasteiger partial charge in [0.1, 0.15) is 0 Å². The molecule has 1 saturated heterocycles. The largest absolute Gasteiger partial charge is 0.356 e. The van der Waals surface area contributed by atoms with E-state index in [-0.39, 0.29) is 12.4 Å². The van der Waals surface area contributed by atoms with Crippen LogP contribution in [-0.4, -0.2) is 25.5 Å². The van der Waals surface area contributed by atoms with Crippen molar-refractivity contribution in [2.24, 2.45) is 29.1 Å². The number of rotatable bonds is 3. The van der Waals surface area contributed by atoms with E-state index < -0.39 is 0 Å². The van der Waals surface area contributed by atoms with Gasteiger partial charge in [-0.05, 0) is 74.8 Å². The second-order valence-corrected chi connectivity index (χ2v) is 7.55. The molecule has 2 N–H and O–H groups in total. The SMILES string of the molecule is Cl.O=C(NCC1CC2CCC1C2)C1CC12CCNCC2. The van der Waals surface area contributed by atoms with Crippen LogP contribution < -0.4 is 10.6 Å². The molecule has 4 atom stereocenters. The fourth-order valence-electron chi connectivity index (χ4n) is 5.18. The van der Waals surface area contributed by atoms with E-state index in [4.69, 9.17) is 0 Å². The Kier molecular flexibility index (Phi) is 4.02. The van der Waals surface area contributed by atoms with Crippen LogP contribution >= 0.6 is 12.4 Å². The lowest BCUT2D eigenvalue weighted by atomic mass is 9.88. The summed E-state index contributed by atoms with van der Waals surface area (Å²) in [6.45, 7) is 3.18. The minimum atomic E-state index is 0. The molecular weight excluding hydrogens is 272 g/mol. The number of hydrogen-bond donors (Lipinski definition) is 2. The second kappa shape index (κ2) is 5.49. The highest BCUT2D eigenvalue weighted by atomic mass is 35.5. The zero-order valence-corrected chi connectivity index (χ0v) is 13.0. The molecule has 4 fully saturated rings. The maximum Gasteiger partial charge on any atom is 0.223 e. The number of amides is 1. The van der Waals surface area contributed by atoms with Gasteiger partial charge in [-0.1, -0.05) is 6.42 Å². The fourth-order valence-corrected chi connectivity index (χ4v) is 5.18. The van der Waals surface area contributed by atoms with Crippen molar-refractivity contribution >= 4 is 18.3 Å². The Hall–Kier alpha value is -0.280. The summed E-state index contributed by atoms with van der Waals surface area (Å²) in [6.07, 6.45) is 9.26. The van der Waals surface area contributed by atoms with Crippen molar-refractivity contribution in [1.29, 1.82) is 0 Å². The normalized spacial score (nSPS) is 40.4. The molecule has 0 radical (unpaired) electrons. The van der Waals surface area contributed by atoms with Crippen LogP contribution in [0.3, 0.4) is 0 Å². The molecule has 114 valence electrons. The van der Waals surface area contributed by atoms with Crippen LogP contribution in [0.1, 0.15) is 44.9 Å². The van der Waals surface area contributed by atoms with Gasteiger partial charge in [0.25, 0.3) is 0 Å². The highest BCUT2D eigenvalue weighted by molar-refractivity contribution is 5.85. The van der Waals surface area contributed by atoms with E-state index in [1.54, 1.807) is 0 Å².